The molecule has 134 valence electrons. The van der Waals surface area contributed by atoms with Gasteiger partial charge in [-0.05, 0) is 19.1 Å². The minimum absolute atomic E-state index is 0.103. The molecule has 0 aliphatic carbocycles. The summed E-state index contributed by atoms with van der Waals surface area (Å²) in [6.45, 7) is 4.47. The van der Waals surface area contributed by atoms with Crippen molar-refractivity contribution in [3.05, 3.63) is 36.2 Å². The zero-order valence-corrected chi connectivity index (χ0v) is 15.2. The molecular weight excluding hydrogens is 340 g/mol. The van der Waals surface area contributed by atoms with Crippen LogP contribution in [0.15, 0.2) is 35.5 Å². The predicted molar refractivity (Wildman–Crippen MR) is 94.6 cm³/mol. The van der Waals surface area contributed by atoms with Crippen molar-refractivity contribution in [1.82, 2.24) is 19.7 Å². The van der Waals surface area contributed by atoms with Gasteiger partial charge in [-0.2, -0.15) is 0 Å². The average Bonchev–Trinajstić information content (AvgIpc) is 3.02. The van der Waals surface area contributed by atoms with Gasteiger partial charge in [0.1, 0.15) is 5.75 Å². The molecule has 25 heavy (non-hydrogen) atoms. The van der Waals surface area contributed by atoms with Gasteiger partial charge in [-0.3, -0.25) is 4.79 Å². The second-order valence-corrected chi connectivity index (χ2v) is 6.70. The summed E-state index contributed by atoms with van der Waals surface area (Å²) in [7, 11) is 1.89. The number of hydrogen-bond donors (Lipinski definition) is 0. The van der Waals surface area contributed by atoms with Crippen LogP contribution in [0, 0.1) is 0 Å². The van der Waals surface area contributed by atoms with E-state index in [4.69, 9.17) is 9.47 Å². The summed E-state index contributed by atoms with van der Waals surface area (Å²) >= 11 is 1.40. The SMILES string of the molecule is C[C@H](Oc1ccccc1)c1nnc(SCC(=O)N2CCOCC2)n1C. The van der Waals surface area contributed by atoms with E-state index in [1.165, 1.54) is 11.8 Å². The summed E-state index contributed by atoms with van der Waals surface area (Å²) < 4.78 is 13.0. The van der Waals surface area contributed by atoms with Crippen LogP contribution in [0.1, 0.15) is 18.9 Å². The topological polar surface area (TPSA) is 69.5 Å². The lowest BCUT2D eigenvalue weighted by Crippen LogP contribution is -2.41. The van der Waals surface area contributed by atoms with Gasteiger partial charge in [0.25, 0.3) is 0 Å². The van der Waals surface area contributed by atoms with Crippen molar-refractivity contribution in [2.75, 3.05) is 32.1 Å². The highest BCUT2D eigenvalue weighted by molar-refractivity contribution is 7.99. The van der Waals surface area contributed by atoms with Gasteiger partial charge in [0, 0.05) is 20.1 Å². The molecule has 2 aromatic rings. The third-order valence-electron chi connectivity index (χ3n) is 3.98. The Kier molecular flexibility index (Phi) is 5.93. The summed E-state index contributed by atoms with van der Waals surface area (Å²) in [5, 5.41) is 9.13. The molecule has 7 nitrogen and oxygen atoms in total. The van der Waals surface area contributed by atoms with E-state index < -0.39 is 0 Å². The molecule has 0 unspecified atom stereocenters. The van der Waals surface area contributed by atoms with Gasteiger partial charge < -0.3 is 18.9 Å². The first kappa shape index (κ1) is 17.8. The van der Waals surface area contributed by atoms with Crippen molar-refractivity contribution in [1.29, 1.82) is 0 Å². The number of ether oxygens (including phenoxy) is 2. The molecule has 0 bridgehead atoms. The zero-order chi connectivity index (χ0) is 17.6. The molecule has 1 aromatic carbocycles. The van der Waals surface area contributed by atoms with Crippen molar-refractivity contribution in [3.63, 3.8) is 0 Å². The van der Waals surface area contributed by atoms with Crippen LogP contribution in [-0.2, 0) is 16.6 Å². The highest BCUT2D eigenvalue weighted by Gasteiger charge is 2.20. The molecule has 1 fully saturated rings. The zero-order valence-electron chi connectivity index (χ0n) is 14.4. The lowest BCUT2D eigenvalue weighted by Gasteiger charge is -2.26. The molecule has 3 rings (SSSR count). The van der Waals surface area contributed by atoms with E-state index >= 15 is 0 Å². The van der Waals surface area contributed by atoms with Gasteiger partial charge in [-0.1, -0.05) is 30.0 Å². The van der Waals surface area contributed by atoms with Gasteiger partial charge in [0.05, 0.1) is 19.0 Å². The normalized spacial score (nSPS) is 15.8. The molecule has 0 N–H and O–H groups in total. The standard InChI is InChI=1S/C17H22N4O3S/c1-13(24-14-6-4-3-5-7-14)16-18-19-17(20(16)2)25-12-15(22)21-8-10-23-11-9-21/h3-7,13H,8-12H2,1-2H3/t13-/m0/s1. The van der Waals surface area contributed by atoms with Gasteiger partial charge in [-0.15, -0.1) is 10.2 Å². The molecule has 2 heterocycles. The first-order chi connectivity index (χ1) is 12.1. The lowest BCUT2D eigenvalue weighted by molar-refractivity contribution is -0.132. The molecule has 0 radical (unpaired) electrons. The highest BCUT2D eigenvalue weighted by Crippen LogP contribution is 2.23. The smallest absolute Gasteiger partial charge is 0.233 e. The van der Waals surface area contributed by atoms with Crippen molar-refractivity contribution < 1.29 is 14.3 Å². The van der Waals surface area contributed by atoms with E-state index in [-0.39, 0.29) is 12.0 Å². The van der Waals surface area contributed by atoms with Crippen LogP contribution < -0.4 is 4.74 Å². The molecule has 0 spiro atoms. The van der Waals surface area contributed by atoms with E-state index in [1.54, 1.807) is 0 Å². The van der Waals surface area contributed by atoms with E-state index in [0.29, 0.717) is 37.2 Å². The Balaban J connectivity index is 1.57. The van der Waals surface area contributed by atoms with Gasteiger partial charge in [-0.25, -0.2) is 0 Å². The summed E-state index contributed by atoms with van der Waals surface area (Å²) in [5.41, 5.74) is 0. The lowest BCUT2D eigenvalue weighted by atomic mass is 10.3. The summed E-state index contributed by atoms with van der Waals surface area (Å²) in [6, 6.07) is 9.61. The van der Waals surface area contributed by atoms with Crippen LogP contribution in [0.3, 0.4) is 0 Å². The second kappa shape index (κ2) is 8.35. The summed E-state index contributed by atoms with van der Waals surface area (Å²) in [5.74, 6) is 1.96. The largest absolute Gasteiger partial charge is 0.483 e. The maximum atomic E-state index is 12.2. The number of thioether (sulfide) groups is 1. The van der Waals surface area contributed by atoms with Crippen LogP contribution in [0.4, 0.5) is 0 Å². The minimum Gasteiger partial charge on any atom is -0.483 e. The quantitative estimate of drug-likeness (QED) is 0.731. The number of aromatic nitrogens is 3. The molecule has 1 aliphatic rings. The highest BCUT2D eigenvalue weighted by atomic mass is 32.2. The molecule has 1 amide bonds. The molecule has 0 saturated carbocycles. The first-order valence-electron chi connectivity index (χ1n) is 8.24. The van der Waals surface area contributed by atoms with Crippen LogP contribution in [0.2, 0.25) is 0 Å². The fourth-order valence-corrected chi connectivity index (χ4v) is 3.41. The third kappa shape index (κ3) is 4.52. The minimum atomic E-state index is -0.232. The Labute approximate surface area is 151 Å². The molecule has 1 atom stereocenters. The van der Waals surface area contributed by atoms with Crippen molar-refractivity contribution in [2.45, 2.75) is 18.2 Å². The number of morpholine rings is 1. The third-order valence-corrected chi connectivity index (χ3v) is 4.98. The number of nitrogens with zero attached hydrogens (tertiary/aromatic N) is 4. The first-order valence-corrected chi connectivity index (χ1v) is 9.23. The van der Waals surface area contributed by atoms with Crippen LogP contribution in [-0.4, -0.2) is 57.6 Å². The van der Waals surface area contributed by atoms with E-state index in [2.05, 4.69) is 10.2 Å². The van der Waals surface area contributed by atoms with E-state index in [9.17, 15) is 4.79 Å². The summed E-state index contributed by atoms with van der Waals surface area (Å²) in [4.78, 5) is 14.1. The summed E-state index contributed by atoms with van der Waals surface area (Å²) in [6.07, 6.45) is -0.232. The Hall–Kier alpha value is -2.06. The number of carbonyl (C=O) groups is 1. The van der Waals surface area contributed by atoms with Crippen LogP contribution in [0.5, 0.6) is 5.75 Å². The van der Waals surface area contributed by atoms with Crippen LogP contribution >= 0.6 is 11.8 Å². The Bertz CT molecular complexity index is 701. The Morgan fingerprint density at radius 2 is 2.00 bits per heavy atom. The van der Waals surface area contributed by atoms with E-state index in [0.717, 1.165) is 11.6 Å². The van der Waals surface area contributed by atoms with Gasteiger partial charge in [0.15, 0.2) is 17.1 Å². The number of hydrogen-bond acceptors (Lipinski definition) is 6. The molecule has 1 saturated heterocycles. The Morgan fingerprint density at radius 3 is 2.72 bits per heavy atom. The Morgan fingerprint density at radius 1 is 1.28 bits per heavy atom. The number of benzene rings is 1. The monoisotopic (exact) mass is 362 g/mol. The maximum Gasteiger partial charge on any atom is 0.233 e. The predicted octanol–water partition coefficient (Wildman–Crippen LogP) is 1.91. The fraction of sp³-hybridized carbons (Fsp3) is 0.471. The average molecular weight is 362 g/mol. The maximum absolute atomic E-state index is 12.2. The van der Waals surface area contributed by atoms with Gasteiger partial charge in [0.2, 0.25) is 5.91 Å². The van der Waals surface area contributed by atoms with Crippen molar-refractivity contribution in [3.8, 4) is 5.75 Å². The number of para-hydroxylation sites is 1. The number of amides is 1. The number of rotatable bonds is 6. The number of carbonyl (C=O) groups excluding carboxylic acids is 1. The van der Waals surface area contributed by atoms with Crippen molar-refractivity contribution >= 4 is 17.7 Å². The fourth-order valence-electron chi connectivity index (χ4n) is 2.59. The van der Waals surface area contributed by atoms with Crippen LogP contribution in [0.25, 0.3) is 0 Å². The molecule has 1 aromatic heterocycles. The molecular formula is C17H22N4O3S. The molecule has 8 heteroatoms. The second-order valence-electron chi connectivity index (χ2n) is 5.75. The molecule has 1 aliphatic heterocycles. The van der Waals surface area contributed by atoms with E-state index in [1.807, 2.05) is 53.8 Å². The van der Waals surface area contributed by atoms with Gasteiger partial charge >= 0.3 is 0 Å². The van der Waals surface area contributed by atoms with Crippen molar-refractivity contribution in [2.24, 2.45) is 7.05 Å².